The summed E-state index contributed by atoms with van der Waals surface area (Å²) in [5, 5.41) is 13.7. The Morgan fingerprint density at radius 1 is 1.42 bits per heavy atom. The number of hydrogen-bond donors (Lipinski definition) is 3. The first-order valence-electron chi connectivity index (χ1n) is 9.76. The van der Waals surface area contributed by atoms with Crippen molar-refractivity contribution in [3.63, 3.8) is 0 Å². The molecule has 4 atom stereocenters. The van der Waals surface area contributed by atoms with Gasteiger partial charge in [-0.3, -0.25) is 19.1 Å². The summed E-state index contributed by atoms with van der Waals surface area (Å²) < 4.78 is 12.6. The second-order valence-electron chi connectivity index (χ2n) is 7.19. The number of nitrogens with zero attached hydrogens (tertiary/aromatic N) is 1. The lowest BCUT2D eigenvalue weighted by molar-refractivity contribution is -0.128. The van der Waals surface area contributed by atoms with E-state index in [-0.39, 0.29) is 18.0 Å². The molecule has 3 rings (SSSR count). The van der Waals surface area contributed by atoms with E-state index in [1.807, 2.05) is 0 Å². The Balaban J connectivity index is 1.59. The zero-order chi connectivity index (χ0) is 22.7. The van der Waals surface area contributed by atoms with Crippen molar-refractivity contribution < 1.29 is 19.4 Å². The van der Waals surface area contributed by atoms with Crippen LogP contribution in [0.5, 0.6) is 5.75 Å². The number of nitrogens with one attached hydrogen (secondary N) is 2. The van der Waals surface area contributed by atoms with Crippen LogP contribution in [0.3, 0.4) is 0 Å². The van der Waals surface area contributed by atoms with Crippen molar-refractivity contribution in [2.45, 2.75) is 51.2 Å². The highest BCUT2D eigenvalue weighted by Gasteiger charge is 2.36. The first-order chi connectivity index (χ1) is 14.7. The van der Waals surface area contributed by atoms with Crippen LogP contribution in [0, 0.1) is 0 Å². The van der Waals surface area contributed by atoms with Gasteiger partial charge in [0.1, 0.15) is 18.1 Å². The number of aromatic amines is 1. The van der Waals surface area contributed by atoms with Crippen LogP contribution in [-0.4, -0.2) is 45.4 Å². The van der Waals surface area contributed by atoms with Gasteiger partial charge in [0.2, 0.25) is 0 Å². The predicted octanol–water partition coefficient (Wildman–Crippen LogP) is 1.64. The number of carbonyl (C=O) groups is 1. The highest BCUT2D eigenvalue weighted by atomic mass is 35.5. The number of aryl methyl sites for hydroxylation is 1. The largest absolute Gasteiger partial charge is 0.479 e. The van der Waals surface area contributed by atoms with Gasteiger partial charge in [0, 0.05) is 29.7 Å². The SMILES string of the molecule is CCc1cn([C@@H]2CC(O)[C@H](CNC(=O)[C@H](C)Oc3ccc(Cl)cc3Cl)O2)c(=O)[nH]c1=O. The van der Waals surface area contributed by atoms with Gasteiger partial charge in [-0.05, 0) is 31.5 Å². The summed E-state index contributed by atoms with van der Waals surface area (Å²) in [5.41, 5.74) is -0.631. The molecule has 31 heavy (non-hydrogen) atoms. The van der Waals surface area contributed by atoms with Gasteiger partial charge >= 0.3 is 5.69 Å². The number of benzene rings is 1. The van der Waals surface area contributed by atoms with Gasteiger partial charge in [-0.2, -0.15) is 0 Å². The van der Waals surface area contributed by atoms with Crippen LogP contribution in [0.15, 0.2) is 34.0 Å². The van der Waals surface area contributed by atoms with Gasteiger partial charge in [0.25, 0.3) is 11.5 Å². The first kappa shape index (κ1) is 23.3. The molecule has 168 valence electrons. The number of halogens is 2. The fraction of sp³-hybridized carbons (Fsp3) is 0.450. The molecule has 0 radical (unpaired) electrons. The lowest BCUT2D eigenvalue weighted by atomic mass is 10.1. The summed E-state index contributed by atoms with van der Waals surface area (Å²) >= 11 is 11.9. The lowest BCUT2D eigenvalue weighted by Crippen LogP contribution is -2.42. The molecule has 1 aromatic carbocycles. The molecular formula is C20H23Cl2N3O6. The van der Waals surface area contributed by atoms with Crippen LogP contribution >= 0.6 is 23.2 Å². The average molecular weight is 472 g/mol. The van der Waals surface area contributed by atoms with Crippen LogP contribution in [0.2, 0.25) is 10.0 Å². The minimum absolute atomic E-state index is 0.0112. The number of H-pyrrole nitrogens is 1. The van der Waals surface area contributed by atoms with Gasteiger partial charge < -0.3 is 19.9 Å². The summed E-state index contributed by atoms with van der Waals surface area (Å²) in [5.74, 6) is -0.116. The highest BCUT2D eigenvalue weighted by Crippen LogP contribution is 2.29. The topological polar surface area (TPSA) is 123 Å². The van der Waals surface area contributed by atoms with Gasteiger partial charge in [0.15, 0.2) is 6.10 Å². The maximum atomic E-state index is 12.4. The number of carbonyl (C=O) groups excluding carboxylic acids is 1. The van der Waals surface area contributed by atoms with E-state index in [2.05, 4.69) is 10.3 Å². The highest BCUT2D eigenvalue weighted by molar-refractivity contribution is 6.35. The van der Waals surface area contributed by atoms with Crippen molar-refractivity contribution in [3.05, 3.63) is 60.8 Å². The minimum Gasteiger partial charge on any atom is -0.479 e. The van der Waals surface area contributed by atoms with Gasteiger partial charge in [-0.25, -0.2) is 4.79 Å². The van der Waals surface area contributed by atoms with E-state index in [0.29, 0.717) is 22.8 Å². The third-order valence-corrected chi connectivity index (χ3v) is 5.51. The molecule has 0 saturated carbocycles. The summed E-state index contributed by atoms with van der Waals surface area (Å²) in [4.78, 5) is 38.5. The molecule has 11 heteroatoms. The summed E-state index contributed by atoms with van der Waals surface area (Å²) in [7, 11) is 0. The average Bonchev–Trinajstić information content (AvgIpc) is 3.08. The molecule has 3 N–H and O–H groups in total. The summed E-state index contributed by atoms with van der Waals surface area (Å²) in [6.07, 6.45) is -1.23. The molecule has 1 aromatic heterocycles. The number of rotatable bonds is 7. The molecule has 2 aromatic rings. The van der Waals surface area contributed by atoms with Gasteiger partial charge in [0.05, 0.1) is 11.1 Å². The molecule has 1 aliphatic heterocycles. The van der Waals surface area contributed by atoms with Crippen LogP contribution < -0.4 is 21.3 Å². The Bertz CT molecular complexity index is 1070. The van der Waals surface area contributed by atoms with E-state index in [1.165, 1.54) is 16.8 Å². The van der Waals surface area contributed by atoms with E-state index in [9.17, 15) is 19.5 Å². The molecule has 0 aliphatic carbocycles. The number of aliphatic hydroxyl groups excluding tert-OH is 1. The quantitative estimate of drug-likeness (QED) is 0.563. The smallest absolute Gasteiger partial charge is 0.330 e. The number of aromatic nitrogens is 2. The second-order valence-corrected chi connectivity index (χ2v) is 8.03. The van der Waals surface area contributed by atoms with E-state index in [1.54, 1.807) is 26.0 Å². The van der Waals surface area contributed by atoms with Crippen molar-refractivity contribution in [3.8, 4) is 5.75 Å². The summed E-state index contributed by atoms with van der Waals surface area (Å²) in [6.45, 7) is 3.36. The lowest BCUT2D eigenvalue weighted by Gasteiger charge is -2.19. The third-order valence-electron chi connectivity index (χ3n) is 4.98. The molecule has 1 unspecified atom stereocenters. The number of amides is 1. The molecule has 1 aliphatic rings. The molecule has 1 amide bonds. The van der Waals surface area contributed by atoms with Crippen molar-refractivity contribution in [1.29, 1.82) is 0 Å². The van der Waals surface area contributed by atoms with E-state index in [4.69, 9.17) is 32.7 Å². The van der Waals surface area contributed by atoms with Crippen molar-refractivity contribution in [1.82, 2.24) is 14.9 Å². The Morgan fingerprint density at radius 3 is 2.84 bits per heavy atom. The molecule has 1 saturated heterocycles. The van der Waals surface area contributed by atoms with Crippen molar-refractivity contribution >= 4 is 29.1 Å². The molecule has 1 fully saturated rings. The molecule has 0 spiro atoms. The molecule has 9 nitrogen and oxygen atoms in total. The fourth-order valence-electron chi connectivity index (χ4n) is 3.22. The Morgan fingerprint density at radius 2 is 2.16 bits per heavy atom. The normalized spacial score (nSPS) is 21.6. The van der Waals surface area contributed by atoms with Crippen molar-refractivity contribution in [2.75, 3.05) is 6.54 Å². The maximum absolute atomic E-state index is 12.4. The van der Waals surface area contributed by atoms with Crippen molar-refractivity contribution in [2.24, 2.45) is 0 Å². The number of hydrogen-bond acceptors (Lipinski definition) is 6. The molecular weight excluding hydrogens is 449 g/mol. The van der Waals surface area contributed by atoms with E-state index in [0.717, 1.165) is 0 Å². The van der Waals surface area contributed by atoms with Crippen LogP contribution in [0.1, 0.15) is 32.1 Å². The zero-order valence-electron chi connectivity index (χ0n) is 16.9. The monoisotopic (exact) mass is 471 g/mol. The van der Waals surface area contributed by atoms with Crippen LogP contribution in [0.25, 0.3) is 0 Å². The first-order valence-corrected chi connectivity index (χ1v) is 10.5. The second kappa shape index (κ2) is 9.86. The van der Waals surface area contributed by atoms with E-state index < -0.39 is 41.7 Å². The fourth-order valence-corrected chi connectivity index (χ4v) is 3.68. The van der Waals surface area contributed by atoms with Crippen LogP contribution in [0.4, 0.5) is 0 Å². The summed E-state index contributed by atoms with van der Waals surface area (Å²) in [6, 6.07) is 4.67. The van der Waals surface area contributed by atoms with Crippen LogP contribution in [-0.2, 0) is 16.0 Å². The molecule has 2 heterocycles. The van der Waals surface area contributed by atoms with Gasteiger partial charge in [-0.1, -0.05) is 30.1 Å². The predicted molar refractivity (Wildman–Crippen MR) is 115 cm³/mol. The maximum Gasteiger partial charge on any atom is 0.330 e. The Labute approximate surface area is 187 Å². The minimum atomic E-state index is -0.906. The zero-order valence-corrected chi connectivity index (χ0v) is 18.4. The number of ether oxygens (including phenoxy) is 2. The Hall–Kier alpha value is -2.33. The molecule has 0 bridgehead atoms. The third kappa shape index (κ3) is 5.48. The Kier molecular flexibility index (Phi) is 7.42. The van der Waals surface area contributed by atoms with E-state index >= 15 is 0 Å². The number of aliphatic hydroxyl groups is 1. The van der Waals surface area contributed by atoms with Gasteiger partial charge in [-0.15, -0.1) is 0 Å². The standard InChI is InChI=1S/C20H23Cl2N3O6/c1-3-11-9-25(20(29)24-19(11)28)17-7-14(26)16(31-17)8-23-18(27)10(2)30-15-5-4-12(21)6-13(15)22/h4-6,9-10,14,16-17,26H,3,7-8H2,1-2H3,(H,23,27)(H,24,28,29)/t10-,14?,16-,17-/m0/s1.